The summed E-state index contributed by atoms with van der Waals surface area (Å²) >= 11 is 0. The van der Waals surface area contributed by atoms with Crippen LogP contribution < -0.4 is 0 Å². The Hall–Kier alpha value is -0.350. The van der Waals surface area contributed by atoms with Crippen LogP contribution >= 0.6 is 0 Å². The third-order valence-electron chi connectivity index (χ3n) is 1.10. The van der Waals surface area contributed by atoms with E-state index in [4.69, 9.17) is 0 Å². The highest BCUT2D eigenvalue weighted by molar-refractivity contribution is 4.76. The Labute approximate surface area is 55.0 Å². The number of hydrogen-bond donors (Lipinski definition) is 0. The smallest absolute Gasteiger partial charge is 0.234 e. The molecule has 10 heavy (non-hydrogen) atoms. The molecule has 0 saturated carbocycles. The zero-order valence-corrected chi connectivity index (χ0v) is 5.25. The van der Waals surface area contributed by atoms with Gasteiger partial charge in [-0.3, -0.25) is 0 Å². The molecule has 0 aliphatic heterocycles. The highest BCUT2D eigenvalue weighted by Gasteiger charge is 2.44. The Bertz CT molecular complexity index is 100. The molecule has 0 spiro atoms. The van der Waals surface area contributed by atoms with Crippen molar-refractivity contribution in [2.24, 2.45) is 0 Å². The molecule has 0 bridgehead atoms. The van der Waals surface area contributed by atoms with Crippen molar-refractivity contribution >= 4 is 0 Å². The van der Waals surface area contributed by atoms with Gasteiger partial charge >= 0.3 is 0 Å². The molecule has 0 aliphatic carbocycles. The SMILES string of the molecule is CCC(F)(F)[C@@H](F)C(F)F. The van der Waals surface area contributed by atoms with Gasteiger partial charge in [-0.25, -0.2) is 22.0 Å². The third kappa shape index (κ3) is 2.11. The summed E-state index contributed by atoms with van der Waals surface area (Å²) in [6.45, 7) is 0.953. The molecule has 0 aliphatic rings. The van der Waals surface area contributed by atoms with Crippen LogP contribution in [-0.4, -0.2) is 18.5 Å². The average Bonchev–Trinajstić information content (AvgIpc) is 1.86. The van der Waals surface area contributed by atoms with E-state index in [1.165, 1.54) is 0 Å². The van der Waals surface area contributed by atoms with Gasteiger partial charge in [0.1, 0.15) is 0 Å². The third-order valence-corrected chi connectivity index (χ3v) is 1.10. The maximum atomic E-state index is 11.9. The molecule has 62 valence electrons. The van der Waals surface area contributed by atoms with E-state index in [1.54, 1.807) is 0 Å². The van der Waals surface area contributed by atoms with Crippen LogP contribution in [0.5, 0.6) is 0 Å². The minimum absolute atomic E-state index is 0.904. The lowest BCUT2D eigenvalue weighted by Crippen LogP contribution is -2.34. The first kappa shape index (κ1) is 9.65. The van der Waals surface area contributed by atoms with Gasteiger partial charge in [0.05, 0.1) is 0 Å². The molecule has 0 aromatic carbocycles. The topological polar surface area (TPSA) is 0 Å². The highest BCUT2D eigenvalue weighted by atomic mass is 19.3. The van der Waals surface area contributed by atoms with E-state index in [0.717, 1.165) is 6.92 Å². The van der Waals surface area contributed by atoms with Crippen LogP contribution in [0.3, 0.4) is 0 Å². The van der Waals surface area contributed by atoms with Crippen molar-refractivity contribution in [3.63, 3.8) is 0 Å². The number of hydrogen-bond acceptors (Lipinski definition) is 0. The number of alkyl halides is 5. The van der Waals surface area contributed by atoms with E-state index >= 15 is 0 Å². The quantitative estimate of drug-likeness (QED) is 0.559. The Kier molecular flexibility index (Phi) is 3.05. The monoisotopic (exact) mass is 162 g/mol. The minimum atomic E-state index is -3.89. The fourth-order valence-electron chi connectivity index (χ4n) is 0.379. The summed E-state index contributed by atoms with van der Waals surface area (Å²) in [5.41, 5.74) is 0. The van der Waals surface area contributed by atoms with Gasteiger partial charge < -0.3 is 0 Å². The van der Waals surface area contributed by atoms with Gasteiger partial charge in [0.2, 0.25) is 6.17 Å². The standard InChI is InChI=1S/C5H7F5/c1-2-5(9,10)3(6)4(7)8/h3-4H,2H2,1H3/t3-/m0/s1. The lowest BCUT2D eigenvalue weighted by Gasteiger charge is -2.17. The lowest BCUT2D eigenvalue weighted by molar-refractivity contribution is -0.128. The molecule has 0 heterocycles. The van der Waals surface area contributed by atoms with Crippen LogP contribution in [0, 0.1) is 0 Å². The maximum Gasteiger partial charge on any atom is 0.284 e. The van der Waals surface area contributed by atoms with Gasteiger partial charge in [-0.1, -0.05) is 6.92 Å². The van der Waals surface area contributed by atoms with Gasteiger partial charge in [-0.15, -0.1) is 0 Å². The first-order chi connectivity index (χ1) is 4.41. The Morgan fingerprint density at radius 2 is 1.60 bits per heavy atom. The van der Waals surface area contributed by atoms with E-state index in [9.17, 15) is 22.0 Å². The predicted octanol–water partition coefficient (Wildman–Crippen LogP) is 2.63. The van der Waals surface area contributed by atoms with E-state index < -0.39 is 24.9 Å². The minimum Gasteiger partial charge on any atom is -0.234 e. The summed E-state index contributed by atoms with van der Waals surface area (Å²) in [5, 5.41) is 0. The highest BCUT2D eigenvalue weighted by Crippen LogP contribution is 2.28. The molecular weight excluding hydrogens is 155 g/mol. The summed E-state index contributed by atoms with van der Waals surface area (Å²) in [7, 11) is 0. The molecule has 0 saturated heterocycles. The van der Waals surface area contributed by atoms with Crippen LogP contribution in [0.15, 0.2) is 0 Å². The second-order valence-corrected chi connectivity index (χ2v) is 1.85. The summed E-state index contributed by atoms with van der Waals surface area (Å²) in [6, 6.07) is 0. The van der Waals surface area contributed by atoms with E-state index in [2.05, 4.69) is 0 Å². The molecule has 0 nitrogen and oxygen atoms in total. The fraction of sp³-hybridized carbons (Fsp3) is 1.00. The van der Waals surface area contributed by atoms with Crippen LogP contribution in [0.2, 0.25) is 0 Å². The van der Waals surface area contributed by atoms with Crippen LogP contribution in [0.25, 0.3) is 0 Å². The van der Waals surface area contributed by atoms with Crippen molar-refractivity contribution in [3.05, 3.63) is 0 Å². The Morgan fingerprint density at radius 1 is 1.20 bits per heavy atom. The van der Waals surface area contributed by atoms with Gasteiger partial charge in [-0.2, -0.15) is 0 Å². The van der Waals surface area contributed by atoms with E-state index in [0.29, 0.717) is 0 Å². The van der Waals surface area contributed by atoms with Gasteiger partial charge in [0.25, 0.3) is 12.3 Å². The van der Waals surface area contributed by atoms with E-state index in [1.807, 2.05) is 0 Å². The zero-order valence-electron chi connectivity index (χ0n) is 5.25. The van der Waals surface area contributed by atoms with Crippen molar-refractivity contribution in [1.29, 1.82) is 0 Å². The van der Waals surface area contributed by atoms with Crippen LogP contribution in [0.4, 0.5) is 22.0 Å². The van der Waals surface area contributed by atoms with Crippen molar-refractivity contribution < 1.29 is 22.0 Å². The molecule has 0 N–H and O–H groups in total. The van der Waals surface area contributed by atoms with Gasteiger partial charge in [0, 0.05) is 6.42 Å². The van der Waals surface area contributed by atoms with Crippen LogP contribution in [-0.2, 0) is 0 Å². The molecule has 1 atom stereocenters. The summed E-state index contributed by atoms with van der Waals surface area (Å²) in [6.07, 6.45) is -7.84. The number of rotatable bonds is 3. The zero-order chi connectivity index (χ0) is 8.36. The van der Waals surface area contributed by atoms with Crippen molar-refractivity contribution in [2.45, 2.75) is 31.9 Å². The summed E-state index contributed by atoms with van der Waals surface area (Å²) in [4.78, 5) is 0. The largest absolute Gasteiger partial charge is 0.284 e. The molecule has 0 rings (SSSR count). The molecular formula is C5H7F5. The molecule has 5 heteroatoms. The van der Waals surface area contributed by atoms with E-state index in [-0.39, 0.29) is 0 Å². The summed E-state index contributed by atoms with van der Waals surface area (Å²) in [5.74, 6) is -3.89. The predicted molar refractivity (Wildman–Crippen MR) is 26.1 cm³/mol. The lowest BCUT2D eigenvalue weighted by atomic mass is 10.2. The summed E-state index contributed by atoms with van der Waals surface area (Å²) < 4.78 is 58.2. The second kappa shape index (κ2) is 3.16. The fourth-order valence-corrected chi connectivity index (χ4v) is 0.379. The maximum absolute atomic E-state index is 11.9. The second-order valence-electron chi connectivity index (χ2n) is 1.85. The molecule has 0 aromatic heterocycles. The van der Waals surface area contributed by atoms with Gasteiger partial charge in [-0.05, 0) is 0 Å². The Morgan fingerprint density at radius 3 is 1.70 bits per heavy atom. The van der Waals surface area contributed by atoms with Crippen molar-refractivity contribution in [2.75, 3.05) is 0 Å². The van der Waals surface area contributed by atoms with Crippen molar-refractivity contribution in [1.82, 2.24) is 0 Å². The van der Waals surface area contributed by atoms with Gasteiger partial charge in [0.15, 0.2) is 0 Å². The molecule has 0 unspecified atom stereocenters. The Balaban J connectivity index is 4.03. The average molecular weight is 162 g/mol. The molecule has 0 radical (unpaired) electrons. The first-order valence-electron chi connectivity index (χ1n) is 2.72. The molecule has 0 amide bonds. The van der Waals surface area contributed by atoms with Crippen LogP contribution in [0.1, 0.15) is 13.3 Å². The number of halogens is 5. The first-order valence-corrected chi connectivity index (χ1v) is 2.72. The molecule has 0 aromatic rings. The molecule has 0 fully saturated rings. The normalized spacial score (nSPS) is 15.9. The van der Waals surface area contributed by atoms with Crippen molar-refractivity contribution in [3.8, 4) is 0 Å².